The molecule has 2 N–H and O–H groups in total. The van der Waals surface area contributed by atoms with Crippen molar-refractivity contribution in [2.75, 3.05) is 7.11 Å². The summed E-state index contributed by atoms with van der Waals surface area (Å²) < 4.78 is 6.62. The molecule has 0 aliphatic rings. The predicted octanol–water partition coefficient (Wildman–Crippen LogP) is 3.50. The van der Waals surface area contributed by atoms with Crippen molar-refractivity contribution in [1.82, 2.24) is 0 Å². The smallest absolute Gasteiger partial charge is 0.0623 e. The zero-order chi connectivity index (χ0) is 12.2. The number of rotatable bonds is 5. The number of ether oxygens (including phenoxy) is 1. The lowest BCUT2D eigenvalue weighted by molar-refractivity contribution is 0.0125. The molecule has 0 amide bonds. The molecule has 16 heavy (non-hydrogen) atoms. The zero-order valence-corrected chi connectivity index (χ0v) is 12.3. The first-order valence-corrected chi connectivity index (χ1v) is 6.59. The normalized spacial score (nSPS) is 13.8. The van der Waals surface area contributed by atoms with Gasteiger partial charge in [0.25, 0.3) is 0 Å². The maximum atomic E-state index is 6.17. The van der Waals surface area contributed by atoms with E-state index in [0.29, 0.717) is 0 Å². The molecule has 0 spiro atoms. The Hall–Kier alpha value is -0.130. The Morgan fingerprint density at radius 1 is 1.44 bits per heavy atom. The highest BCUT2D eigenvalue weighted by Gasteiger charge is 2.18. The van der Waals surface area contributed by atoms with Crippen LogP contribution in [0.15, 0.2) is 24.3 Å². The third kappa shape index (κ3) is 4.39. The lowest BCUT2D eigenvalue weighted by Crippen LogP contribution is -2.24. The number of nitrogens with two attached hydrogens (primary N) is 1. The Balaban J connectivity index is 2.56. The highest BCUT2D eigenvalue weighted by atomic mass is 127. The monoisotopic (exact) mass is 333 g/mol. The van der Waals surface area contributed by atoms with Crippen LogP contribution in [0.25, 0.3) is 0 Å². The summed E-state index contributed by atoms with van der Waals surface area (Å²) in [5, 5.41) is 0. The quantitative estimate of drug-likeness (QED) is 0.837. The SMILES string of the molecule is COC(C)(C)CCC(N)c1cccc(I)c1. The Labute approximate surface area is 112 Å². The van der Waals surface area contributed by atoms with Crippen molar-refractivity contribution in [2.24, 2.45) is 5.73 Å². The summed E-state index contributed by atoms with van der Waals surface area (Å²) >= 11 is 2.31. The number of benzene rings is 1. The molecule has 1 rings (SSSR count). The lowest BCUT2D eigenvalue weighted by atomic mass is 9.95. The summed E-state index contributed by atoms with van der Waals surface area (Å²) in [4.78, 5) is 0. The number of hydrogen-bond acceptors (Lipinski definition) is 2. The van der Waals surface area contributed by atoms with E-state index in [1.165, 1.54) is 9.13 Å². The summed E-state index contributed by atoms with van der Waals surface area (Å²) in [7, 11) is 1.75. The molecule has 0 heterocycles. The second kappa shape index (κ2) is 5.98. The van der Waals surface area contributed by atoms with Crippen molar-refractivity contribution in [1.29, 1.82) is 0 Å². The van der Waals surface area contributed by atoms with Crippen LogP contribution in [-0.2, 0) is 4.74 Å². The van der Waals surface area contributed by atoms with Gasteiger partial charge in [-0.25, -0.2) is 0 Å². The van der Waals surface area contributed by atoms with Crippen molar-refractivity contribution >= 4 is 22.6 Å². The van der Waals surface area contributed by atoms with Gasteiger partial charge in [0.05, 0.1) is 5.60 Å². The first-order chi connectivity index (χ1) is 7.44. The van der Waals surface area contributed by atoms with Crippen LogP contribution in [0, 0.1) is 3.57 Å². The summed E-state index contributed by atoms with van der Waals surface area (Å²) in [6, 6.07) is 8.47. The fourth-order valence-electron chi connectivity index (χ4n) is 1.51. The minimum Gasteiger partial charge on any atom is -0.379 e. The summed E-state index contributed by atoms with van der Waals surface area (Å²) in [6.45, 7) is 4.18. The highest BCUT2D eigenvalue weighted by Crippen LogP contribution is 2.23. The van der Waals surface area contributed by atoms with Gasteiger partial charge in [0.1, 0.15) is 0 Å². The molecule has 0 aliphatic carbocycles. The van der Waals surface area contributed by atoms with Gasteiger partial charge in [-0.15, -0.1) is 0 Å². The van der Waals surface area contributed by atoms with Crippen LogP contribution in [0.3, 0.4) is 0 Å². The Kier molecular flexibility index (Phi) is 5.21. The van der Waals surface area contributed by atoms with E-state index >= 15 is 0 Å². The van der Waals surface area contributed by atoms with Crippen LogP contribution in [-0.4, -0.2) is 12.7 Å². The van der Waals surface area contributed by atoms with Gasteiger partial charge in [-0.05, 0) is 67.0 Å². The van der Waals surface area contributed by atoms with E-state index in [4.69, 9.17) is 10.5 Å². The van der Waals surface area contributed by atoms with Crippen LogP contribution < -0.4 is 5.73 Å². The molecule has 1 aromatic rings. The van der Waals surface area contributed by atoms with E-state index in [1.54, 1.807) is 7.11 Å². The van der Waals surface area contributed by atoms with Crippen LogP contribution in [0.2, 0.25) is 0 Å². The number of hydrogen-bond donors (Lipinski definition) is 1. The van der Waals surface area contributed by atoms with E-state index in [-0.39, 0.29) is 11.6 Å². The largest absolute Gasteiger partial charge is 0.379 e. The number of methoxy groups -OCH3 is 1. The molecule has 0 radical (unpaired) electrons. The Morgan fingerprint density at radius 3 is 2.69 bits per heavy atom. The maximum absolute atomic E-state index is 6.17. The van der Waals surface area contributed by atoms with Gasteiger partial charge in [0, 0.05) is 16.7 Å². The van der Waals surface area contributed by atoms with Gasteiger partial charge >= 0.3 is 0 Å². The summed E-state index contributed by atoms with van der Waals surface area (Å²) in [6.07, 6.45) is 1.91. The van der Waals surface area contributed by atoms with E-state index in [9.17, 15) is 0 Å². The zero-order valence-electron chi connectivity index (χ0n) is 10.2. The highest BCUT2D eigenvalue weighted by molar-refractivity contribution is 14.1. The van der Waals surface area contributed by atoms with Crippen molar-refractivity contribution in [2.45, 2.75) is 38.3 Å². The van der Waals surface area contributed by atoms with Crippen molar-refractivity contribution in [3.63, 3.8) is 0 Å². The van der Waals surface area contributed by atoms with Gasteiger partial charge in [0.2, 0.25) is 0 Å². The molecule has 0 saturated carbocycles. The molecular weight excluding hydrogens is 313 g/mol. The molecule has 2 nitrogen and oxygen atoms in total. The topological polar surface area (TPSA) is 35.2 Å². The fraction of sp³-hybridized carbons (Fsp3) is 0.538. The van der Waals surface area contributed by atoms with Crippen molar-refractivity contribution < 1.29 is 4.74 Å². The van der Waals surface area contributed by atoms with Crippen molar-refractivity contribution in [3.05, 3.63) is 33.4 Å². The Morgan fingerprint density at radius 2 is 2.12 bits per heavy atom. The molecule has 0 saturated heterocycles. The molecule has 0 aromatic heterocycles. The van der Waals surface area contributed by atoms with Gasteiger partial charge in [0.15, 0.2) is 0 Å². The third-order valence-electron chi connectivity index (χ3n) is 2.89. The molecular formula is C13H20INO. The second-order valence-electron chi connectivity index (χ2n) is 4.66. The first-order valence-electron chi connectivity index (χ1n) is 5.51. The fourth-order valence-corrected chi connectivity index (χ4v) is 2.08. The summed E-state index contributed by atoms with van der Waals surface area (Å²) in [5.41, 5.74) is 7.29. The van der Waals surface area contributed by atoms with Gasteiger partial charge in [-0.1, -0.05) is 12.1 Å². The summed E-state index contributed by atoms with van der Waals surface area (Å²) in [5.74, 6) is 0. The van der Waals surface area contributed by atoms with Crippen LogP contribution >= 0.6 is 22.6 Å². The van der Waals surface area contributed by atoms with E-state index in [1.807, 2.05) is 0 Å². The average Bonchev–Trinajstić information content (AvgIpc) is 2.26. The van der Waals surface area contributed by atoms with Crippen molar-refractivity contribution in [3.8, 4) is 0 Å². The molecule has 0 aliphatic heterocycles. The molecule has 1 atom stereocenters. The Bertz CT molecular complexity index is 338. The maximum Gasteiger partial charge on any atom is 0.0623 e. The average molecular weight is 333 g/mol. The minimum absolute atomic E-state index is 0.0838. The molecule has 0 fully saturated rings. The van der Waals surface area contributed by atoms with E-state index < -0.39 is 0 Å². The molecule has 90 valence electrons. The molecule has 1 unspecified atom stereocenters. The molecule has 3 heteroatoms. The minimum atomic E-state index is -0.0838. The lowest BCUT2D eigenvalue weighted by Gasteiger charge is -2.24. The first kappa shape index (κ1) is 13.9. The molecule has 0 bridgehead atoms. The second-order valence-corrected chi connectivity index (χ2v) is 5.91. The predicted molar refractivity (Wildman–Crippen MR) is 76.4 cm³/mol. The number of halogens is 1. The van der Waals surface area contributed by atoms with E-state index in [2.05, 4.69) is 60.7 Å². The van der Waals surface area contributed by atoms with Crippen LogP contribution in [0.1, 0.15) is 38.3 Å². The van der Waals surface area contributed by atoms with Crippen LogP contribution in [0.5, 0.6) is 0 Å². The third-order valence-corrected chi connectivity index (χ3v) is 3.56. The van der Waals surface area contributed by atoms with Gasteiger partial charge in [-0.2, -0.15) is 0 Å². The van der Waals surface area contributed by atoms with Gasteiger partial charge < -0.3 is 10.5 Å². The van der Waals surface area contributed by atoms with Crippen LogP contribution in [0.4, 0.5) is 0 Å². The van der Waals surface area contributed by atoms with Gasteiger partial charge in [-0.3, -0.25) is 0 Å². The molecule has 1 aromatic carbocycles. The standard InChI is InChI=1S/C13H20INO/c1-13(2,16-3)8-7-12(15)10-5-4-6-11(14)9-10/h4-6,9,12H,7-8,15H2,1-3H3. The van der Waals surface area contributed by atoms with E-state index in [0.717, 1.165) is 12.8 Å².